The molecule has 2 N–H and O–H groups in total. The van der Waals surface area contributed by atoms with Crippen LogP contribution in [0.2, 0.25) is 0 Å². The van der Waals surface area contributed by atoms with Gasteiger partial charge >= 0.3 is 5.97 Å². The lowest BCUT2D eigenvalue weighted by atomic mass is 10.2. The van der Waals surface area contributed by atoms with E-state index >= 15 is 0 Å². The van der Waals surface area contributed by atoms with Crippen molar-refractivity contribution in [1.82, 2.24) is 5.32 Å². The number of amidine groups is 1. The number of aliphatic imine (C=N–C) groups is 1. The number of hydrogen-bond donors (Lipinski definition) is 2. The van der Waals surface area contributed by atoms with Gasteiger partial charge in [-0.25, -0.2) is 0 Å². The van der Waals surface area contributed by atoms with Crippen LogP contribution >= 0.6 is 11.8 Å². The first-order valence-electron chi connectivity index (χ1n) is 6.17. The molecule has 1 fully saturated rings. The highest BCUT2D eigenvalue weighted by Crippen LogP contribution is 2.26. The minimum absolute atomic E-state index is 0.0263. The van der Waals surface area contributed by atoms with Crippen LogP contribution in [0, 0.1) is 10.1 Å². The molecule has 0 aliphatic carbocycles. The van der Waals surface area contributed by atoms with Crippen molar-refractivity contribution in [2.45, 2.75) is 6.42 Å². The SMILES string of the molecule is O=C(O)CCN=C1NC(=O)/C(=C\c2ccc([N+](=O)[O-])cc2)S1. The summed E-state index contributed by atoms with van der Waals surface area (Å²) in [5.74, 6) is -1.29. The van der Waals surface area contributed by atoms with Gasteiger partial charge in [0.05, 0.1) is 22.8 Å². The average molecular weight is 321 g/mol. The quantitative estimate of drug-likeness (QED) is 0.483. The van der Waals surface area contributed by atoms with E-state index in [1.165, 1.54) is 12.1 Å². The molecule has 0 aromatic heterocycles. The van der Waals surface area contributed by atoms with Gasteiger partial charge in [-0.2, -0.15) is 0 Å². The summed E-state index contributed by atoms with van der Waals surface area (Å²) in [6.45, 7) is 0.0861. The van der Waals surface area contributed by atoms with E-state index in [-0.39, 0.29) is 24.6 Å². The largest absolute Gasteiger partial charge is 0.481 e. The number of nitrogens with one attached hydrogen (secondary N) is 1. The second-order valence-corrected chi connectivity index (χ2v) is 5.27. The van der Waals surface area contributed by atoms with Gasteiger partial charge in [0.25, 0.3) is 11.6 Å². The number of carboxylic acid groups (broad SMARTS) is 1. The Kier molecular flexibility index (Phi) is 4.89. The summed E-state index contributed by atoms with van der Waals surface area (Å²) in [6, 6.07) is 5.79. The van der Waals surface area contributed by atoms with Gasteiger partial charge in [0.2, 0.25) is 0 Å². The van der Waals surface area contributed by atoms with E-state index in [1.807, 2.05) is 0 Å². The first-order chi connectivity index (χ1) is 10.5. The summed E-state index contributed by atoms with van der Waals surface area (Å²) in [7, 11) is 0. The maximum absolute atomic E-state index is 11.8. The fourth-order valence-electron chi connectivity index (χ4n) is 1.60. The molecule has 1 aliphatic rings. The number of carboxylic acids is 1. The number of nitro groups is 1. The number of rotatable bonds is 5. The smallest absolute Gasteiger partial charge is 0.305 e. The van der Waals surface area contributed by atoms with Crippen LogP contribution in [0.5, 0.6) is 0 Å². The fourth-order valence-corrected chi connectivity index (χ4v) is 2.44. The molecule has 9 heteroatoms. The molecule has 0 saturated carbocycles. The van der Waals surface area contributed by atoms with E-state index in [0.29, 0.717) is 15.6 Å². The normalized spacial score (nSPS) is 17.7. The van der Waals surface area contributed by atoms with Crippen molar-refractivity contribution in [3.63, 3.8) is 0 Å². The molecule has 0 atom stereocenters. The Morgan fingerprint density at radius 2 is 2.09 bits per heavy atom. The zero-order valence-corrected chi connectivity index (χ0v) is 12.0. The monoisotopic (exact) mass is 321 g/mol. The Balaban J connectivity index is 2.07. The van der Waals surface area contributed by atoms with Crippen LogP contribution in [0.1, 0.15) is 12.0 Å². The van der Waals surface area contributed by atoms with Gasteiger partial charge in [-0.15, -0.1) is 0 Å². The molecular weight excluding hydrogens is 310 g/mol. The molecule has 1 saturated heterocycles. The first-order valence-corrected chi connectivity index (χ1v) is 6.99. The van der Waals surface area contributed by atoms with E-state index in [1.54, 1.807) is 18.2 Å². The minimum Gasteiger partial charge on any atom is -0.481 e. The highest BCUT2D eigenvalue weighted by Gasteiger charge is 2.23. The number of carbonyl (C=O) groups excluding carboxylic acids is 1. The first kappa shape index (κ1) is 15.7. The Hall–Kier alpha value is -2.68. The summed E-state index contributed by atoms with van der Waals surface area (Å²) in [4.78, 5) is 36.6. The number of benzene rings is 1. The summed E-state index contributed by atoms with van der Waals surface area (Å²) >= 11 is 1.10. The molecule has 0 spiro atoms. The van der Waals surface area contributed by atoms with Gasteiger partial charge < -0.3 is 10.4 Å². The molecule has 1 aromatic rings. The Morgan fingerprint density at radius 1 is 1.41 bits per heavy atom. The fraction of sp³-hybridized carbons (Fsp3) is 0.154. The van der Waals surface area contributed by atoms with Crippen LogP contribution < -0.4 is 5.32 Å². The third kappa shape index (κ3) is 4.16. The Labute approximate surface area is 129 Å². The van der Waals surface area contributed by atoms with Gasteiger partial charge in [0.1, 0.15) is 0 Å². The number of non-ortho nitro benzene ring substituents is 1. The lowest BCUT2D eigenvalue weighted by Gasteiger charge is -1.95. The maximum atomic E-state index is 11.8. The van der Waals surface area contributed by atoms with Gasteiger partial charge in [-0.3, -0.25) is 24.7 Å². The topological polar surface area (TPSA) is 122 Å². The van der Waals surface area contributed by atoms with Crippen LogP contribution in [0.15, 0.2) is 34.2 Å². The number of nitro benzene ring substituents is 1. The van der Waals surface area contributed by atoms with Crippen LogP contribution in [-0.2, 0) is 9.59 Å². The van der Waals surface area contributed by atoms with Crippen molar-refractivity contribution in [2.75, 3.05) is 6.54 Å². The van der Waals surface area contributed by atoms with E-state index in [9.17, 15) is 19.7 Å². The lowest BCUT2D eigenvalue weighted by molar-refractivity contribution is -0.384. The van der Waals surface area contributed by atoms with Crippen molar-refractivity contribution in [3.8, 4) is 0 Å². The van der Waals surface area contributed by atoms with Gasteiger partial charge in [0, 0.05) is 12.1 Å². The third-order valence-corrected chi connectivity index (χ3v) is 3.58. The molecule has 1 aromatic carbocycles. The van der Waals surface area contributed by atoms with E-state index in [0.717, 1.165) is 11.8 Å². The Bertz CT molecular complexity index is 681. The summed E-state index contributed by atoms with van der Waals surface area (Å²) in [5, 5.41) is 22.0. The molecule has 2 rings (SSSR count). The maximum Gasteiger partial charge on any atom is 0.305 e. The summed E-state index contributed by atoms with van der Waals surface area (Å²) in [5.41, 5.74) is 0.622. The molecule has 0 radical (unpaired) electrons. The number of carbonyl (C=O) groups is 2. The molecule has 114 valence electrons. The summed E-state index contributed by atoms with van der Waals surface area (Å²) in [6.07, 6.45) is 1.48. The van der Waals surface area contributed by atoms with Gasteiger partial charge in [0.15, 0.2) is 5.17 Å². The average Bonchev–Trinajstić information content (AvgIpc) is 2.79. The van der Waals surface area contributed by atoms with E-state index in [2.05, 4.69) is 10.3 Å². The molecule has 8 nitrogen and oxygen atoms in total. The van der Waals surface area contributed by atoms with Crippen molar-refractivity contribution in [1.29, 1.82) is 0 Å². The molecule has 22 heavy (non-hydrogen) atoms. The Morgan fingerprint density at radius 3 is 2.68 bits per heavy atom. The van der Waals surface area contributed by atoms with Crippen LogP contribution in [0.25, 0.3) is 6.08 Å². The second kappa shape index (κ2) is 6.85. The second-order valence-electron chi connectivity index (χ2n) is 4.24. The van der Waals surface area contributed by atoms with Crippen molar-refractivity contribution >= 4 is 40.6 Å². The summed E-state index contributed by atoms with van der Waals surface area (Å²) < 4.78 is 0. The third-order valence-electron chi connectivity index (χ3n) is 2.63. The van der Waals surface area contributed by atoms with Crippen molar-refractivity contribution in [2.24, 2.45) is 4.99 Å². The number of aliphatic carboxylic acids is 1. The van der Waals surface area contributed by atoms with Gasteiger partial charge in [-0.1, -0.05) is 0 Å². The number of amides is 1. The zero-order chi connectivity index (χ0) is 16.1. The van der Waals surface area contributed by atoms with E-state index < -0.39 is 10.9 Å². The molecule has 0 unspecified atom stereocenters. The highest BCUT2D eigenvalue weighted by atomic mass is 32.2. The minimum atomic E-state index is -0.958. The zero-order valence-electron chi connectivity index (χ0n) is 11.2. The van der Waals surface area contributed by atoms with Crippen LogP contribution in [0.3, 0.4) is 0 Å². The number of hydrogen-bond acceptors (Lipinski definition) is 6. The van der Waals surface area contributed by atoms with Gasteiger partial charge in [-0.05, 0) is 35.5 Å². The number of nitrogens with zero attached hydrogens (tertiary/aromatic N) is 2. The van der Waals surface area contributed by atoms with Crippen molar-refractivity contribution < 1.29 is 19.6 Å². The molecule has 0 bridgehead atoms. The number of thioether (sulfide) groups is 1. The van der Waals surface area contributed by atoms with Crippen LogP contribution in [0.4, 0.5) is 5.69 Å². The van der Waals surface area contributed by atoms with E-state index in [4.69, 9.17) is 5.11 Å². The van der Waals surface area contributed by atoms with Crippen molar-refractivity contribution in [3.05, 3.63) is 44.8 Å². The predicted octanol–water partition coefficient (Wildman–Crippen LogP) is 1.63. The predicted molar refractivity (Wildman–Crippen MR) is 81.4 cm³/mol. The highest BCUT2D eigenvalue weighted by molar-refractivity contribution is 8.18. The molecule has 1 amide bonds. The molecule has 1 heterocycles. The molecular formula is C13H11N3O5S. The molecule has 1 aliphatic heterocycles. The standard InChI is InChI=1S/C13H11N3O5S/c17-11(18)5-6-14-13-15-12(19)10(22-13)7-8-1-3-9(4-2-8)16(20)21/h1-4,7H,5-6H2,(H,17,18)(H,14,15,19)/b10-7+. The lowest BCUT2D eigenvalue weighted by Crippen LogP contribution is -2.20. The van der Waals surface area contributed by atoms with Crippen LogP contribution in [-0.4, -0.2) is 33.6 Å².